The maximum atomic E-state index is 12.0. The maximum absolute atomic E-state index is 12.0. The first-order valence-electron chi connectivity index (χ1n) is 31.6. The van der Waals surface area contributed by atoms with Crippen LogP contribution in [0.5, 0.6) is 11.5 Å². The van der Waals surface area contributed by atoms with E-state index in [0.717, 1.165) is 79.1 Å². The van der Waals surface area contributed by atoms with Gasteiger partial charge in [0.1, 0.15) is 52.7 Å². The molecule has 4 N–H and O–H groups in total. The van der Waals surface area contributed by atoms with Crippen LogP contribution in [-0.4, -0.2) is 145 Å². The minimum atomic E-state index is -3.44. The molecule has 0 radical (unpaired) electrons. The molecule has 1 heterocycles. The van der Waals surface area contributed by atoms with E-state index in [4.69, 9.17) is 56.9 Å². The second-order valence-corrected chi connectivity index (χ2v) is 34.1. The van der Waals surface area contributed by atoms with Crippen molar-refractivity contribution in [2.45, 2.75) is 265 Å². The SMILES string of the molecule is CC(C)(C)OC(=O)CC1(C(=O)O)CC1.CC(C)(C)OC(=O)CC1(CO)CC1.CC(C)(C)OC(=O)CC1(COS(C)(=O)=O)CC1.CC(C)(C)OC(=O)NC1(COc2ccc(B3OC(C)(C)C(C)(C)O3)cc2)CC1.CC(C)(C)OC(=O)NC1(COc2ccc(Br)cc2)CC1. The normalized spacial score (nSPS) is 19.3. The standard InChI is InChI=1S/C21H32BNO5.C15H20BrNO3.C11H20O5S.C10H16O4.C10H18O3/c1-18(2,3)26-17(24)23-21(12-13-21)14-25-16-10-8-15(9-11-16)22-27-19(4,5)20(6,7)28-22;1-14(2,3)20-13(18)17-15(8-9-15)10-19-12-6-4-11(16)5-7-12;1-10(2,3)16-9(12)7-11(5-6-11)8-15-17(4,13)14;1-9(2,3)14-7(11)6-10(4-5-10)8(12)13;1-9(2,3)13-8(12)6-10(7-11)4-5-10/h8-11H,12-14H2,1-7H3,(H,23,24);4-7H,8-10H2,1-3H3,(H,17,18);5-8H2,1-4H3;4-6H2,1-3H3,(H,12,13);11H,4-7H2,1-3H3. The van der Waals surface area contributed by atoms with Gasteiger partial charge in [-0.05, 0) is 238 Å². The number of benzene rings is 2. The molecule has 0 aromatic heterocycles. The number of carboxylic acid groups (broad SMARTS) is 1. The summed E-state index contributed by atoms with van der Waals surface area (Å²) in [5, 5.41) is 23.7. The number of hydrogen-bond donors (Lipinski definition) is 4. The van der Waals surface area contributed by atoms with Crippen LogP contribution in [0.3, 0.4) is 0 Å². The lowest BCUT2D eigenvalue weighted by molar-refractivity contribution is -0.160. The molecular weight excluding hydrogens is 1280 g/mol. The molecule has 6 fully saturated rings. The first kappa shape index (κ1) is 79.2. The number of hydrogen-bond acceptors (Lipinski definition) is 19. The maximum Gasteiger partial charge on any atom is 0.494 e. The Hall–Kier alpha value is -5.21. The number of nitrogens with one attached hydrogen (secondary N) is 2. The molecule has 6 aliphatic rings. The summed E-state index contributed by atoms with van der Waals surface area (Å²) >= 11 is 3.38. The van der Waals surface area contributed by atoms with E-state index < -0.39 is 61.6 Å². The molecule has 25 heteroatoms. The predicted molar refractivity (Wildman–Crippen MR) is 352 cm³/mol. The molecule has 1 aliphatic heterocycles. The van der Waals surface area contributed by atoms with E-state index in [1.54, 1.807) is 41.5 Å². The highest BCUT2D eigenvalue weighted by molar-refractivity contribution is 9.10. The molecule has 2 amide bonds. The van der Waals surface area contributed by atoms with Crippen LogP contribution in [0.4, 0.5) is 9.59 Å². The summed E-state index contributed by atoms with van der Waals surface area (Å²) in [5.41, 5.74) is -4.09. The molecular formula is C67H106BBrN2O20S. The number of alkyl carbamates (subject to hydrolysis) is 2. The van der Waals surface area contributed by atoms with Crippen molar-refractivity contribution in [1.29, 1.82) is 0 Å². The molecule has 520 valence electrons. The van der Waals surface area contributed by atoms with Gasteiger partial charge in [-0.25, -0.2) is 9.59 Å². The summed E-state index contributed by atoms with van der Waals surface area (Å²) in [6, 6.07) is 15.4. The molecule has 2 aromatic rings. The number of carboxylic acids is 1. The minimum Gasteiger partial charge on any atom is -0.491 e. The van der Waals surface area contributed by atoms with Crippen LogP contribution in [0, 0.1) is 16.2 Å². The van der Waals surface area contributed by atoms with Gasteiger partial charge in [0.05, 0.1) is 59.8 Å². The van der Waals surface area contributed by atoms with Crippen molar-refractivity contribution >= 4 is 74.7 Å². The Balaban J connectivity index is 0.000000253. The quantitative estimate of drug-likeness (QED) is 0.0414. The lowest BCUT2D eigenvalue weighted by Crippen LogP contribution is -2.44. The van der Waals surface area contributed by atoms with Gasteiger partial charge >= 0.3 is 43.2 Å². The Bertz CT molecular complexity index is 2920. The molecule has 0 atom stereocenters. The van der Waals surface area contributed by atoms with E-state index in [0.29, 0.717) is 32.5 Å². The third-order valence-corrected chi connectivity index (χ3v) is 16.5. The fraction of sp³-hybridized carbons (Fsp3) is 0.731. The number of rotatable bonds is 20. The van der Waals surface area contributed by atoms with Gasteiger partial charge in [-0.1, -0.05) is 28.1 Å². The fourth-order valence-electron chi connectivity index (χ4n) is 8.61. The van der Waals surface area contributed by atoms with Gasteiger partial charge in [-0.2, -0.15) is 8.42 Å². The van der Waals surface area contributed by atoms with Crippen molar-refractivity contribution in [3.05, 3.63) is 53.0 Å². The molecule has 0 bridgehead atoms. The topological polar surface area (TPSA) is 293 Å². The summed E-state index contributed by atoms with van der Waals surface area (Å²) in [6.07, 6.45) is 9.11. The fourth-order valence-corrected chi connectivity index (χ4v) is 9.34. The lowest BCUT2D eigenvalue weighted by Gasteiger charge is -2.32. The van der Waals surface area contributed by atoms with Gasteiger partial charge in [0.2, 0.25) is 0 Å². The summed E-state index contributed by atoms with van der Waals surface area (Å²) in [4.78, 5) is 68.8. The van der Waals surface area contributed by atoms with E-state index in [9.17, 15) is 37.2 Å². The second kappa shape index (κ2) is 30.3. The van der Waals surface area contributed by atoms with Gasteiger partial charge in [0.25, 0.3) is 10.1 Å². The molecule has 0 unspecified atom stereocenters. The monoisotopic (exact) mass is 1380 g/mol. The molecule has 8 rings (SSSR count). The van der Waals surface area contributed by atoms with Crippen LogP contribution in [0.25, 0.3) is 0 Å². The van der Waals surface area contributed by atoms with Crippen molar-refractivity contribution in [2.24, 2.45) is 16.2 Å². The van der Waals surface area contributed by atoms with Crippen LogP contribution in [-0.2, 0) is 66.5 Å². The summed E-state index contributed by atoms with van der Waals surface area (Å²) < 4.78 is 77.4. The van der Waals surface area contributed by atoms with Crippen LogP contribution >= 0.6 is 15.9 Å². The Morgan fingerprint density at radius 2 is 0.848 bits per heavy atom. The minimum absolute atomic E-state index is 0.000394. The van der Waals surface area contributed by atoms with E-state index in [1.165, 1.54) is 0 Å². The summed E-state index contributed by atoms with van der Waals surface area (Å²) in [6.45, 7) is 36.6. The van der Waals surface area contributed by atoms with Crippen molar-refractivity contribution in [2.75, 3.05) is 32.7 Å². The average molecular weight is 1380 g/mol. The van der Waals surface area contributed by atoms with Gasteiger partial charge in [-0.3, -0.25) is 23.4 Å². The van der Waals surface area contributed by atoms with Crippen LogP contribution in [0.15, 0.2) is 53.0 Å². The number of amides is 2. The number of halogens is 1. The van der Waals surface area contributed by atoms with E-state index in [2.05, 4.69) is 26.6 Å². The largest absolute Gasteiger partial charge is 0.494 e. The van der Waals surface area contributed by atoms with Crippen molar-refractivity contribution in [1.82, 2.24) is 10.6 Å². The summed E-state index contributed by atoms with van der Waals surface area (Å²) in [7, 11) is -3.83. The van der Waals surface area contributed by atoms with Crippen LogP contribution < -0.4 is 25.6 Å². The zero-order valence-corrected chi connectivity index (χ0v) is 60.6. The highest BCUT2D eigenvalue weighted by Gasteiger charge is 2.54. The number of carbonyl (C=O) groups is 6. The molecule has 2 aromatic carbocycles. The zero-order valence-electron chi connectivity index (χ0n) is 58.2. The highest BCUT2D eigenvalue weighted by Crippen LogP contribution is 2.51. The lowest BCUT2D eigenvalue weighted by atomic mass is 9.79. The molecule has 1 saturated heterocycles. The Morgan fingerprint density at radius 1 is 0.511 bits per heavy atom. The van der Waals surface area contributed by atoms with Crippen LogP contribution in [0.2, 0.25) is 0 Å². The average Bonchev–Trinajstić information content (AvgIpc) is 1.67. The third kappa shape index (κ3) is 30.0. The van der Waals surface area contributed by atoms with Crippen LogP contribution in [0.1, 0.15) is 215 Å². The number of ether oxygens (including phenoxy) is 7. The highest BCUT2D eigenvalue weighted by atomic mass is 79.9. The van der Waals surface area contributed by atoms with Gasteiger partial charge in [0.15, 0.2) is 0 Å². The first-order chi connectivity index (χ1) is 41.7. The zero-order chi connectivity index (χ0) is 70.0. The number of esters is 3. The van der Waals surface area contributed by atoms with Gasteiger partial charge in [0, 0.05) is 21.9 Å². The third-order valence-electron chi connectivity index (χ3n) is 15.4. The number of aliphatic carboxylic acids is 1. The Morgan fingerprint density at radius 3 is 1.14 bits per heavy atom. The molecule has 22 nitrogen and oxygen atoms in total. The molecule has 92 heavy (non-hydrogen) atoms. The first-order valence-corrected chi connectivity index (χ1v) is 34.2. The van der Waals surface area contributed by atoms with Crippen molar-refractivity contribution in [3.63, 3.8) is 0 Å². The molecule has 5 saturated carbocycles. The molecule has 5 aliphatic carbocycles. The van der Waals surface area contributed by atoms with E-state index >= 15 is 0 Å². The van der Waals surface area contributed by atoms with E-state index in [1.807, 2.05) is 139 Å². The Kier molecular flexibility index (Phi) is 26.1. The number of carbonyl (C=O) groups excluding carboxylic acids is 5. The number of aliphatic hydroxyl groups excluding tert-OH is 1. The Labute approximate surface area is 555 Å². The molecule has 0 spiro atoms. The van der Waals surface area contributed by atoms with Crippen molar-refractivity contribution < 1.29 is 94.0 Å². The summed E-state index contributed by atoms with van der Waals surface area (Å²) in [5.74, 6) is -0.255. The number of aliphatic hydroxyl groups is 1. The second-order valence-electron chi connectivity index (χ2n) is 31.5. The van der Waals surface area contributed by atoms with Gasteiger partial charge in [-0.15, -0.1) is 0 Å². The van der Waals surface area contributed by atoms with Gasteiger partial charge < -0.3 is 63.3 Å². The van der Waals surface area contributed by atoms with E-state index in [-0.39, 0.29) is 84.3 Å². The predicted octanol–water partition coefficient (Wildman–Crippen LogP) is 11.9. The van der Waals surface area contributed by atoms with Crippen molar-refractivity contribution in [3.8, 4) is 11.5 Å². The smallest absolute Gasteiger partial charge is 0.491 e.